The Kier molecular flexibility index (Phi) is 8.08. The molecule has 239 valence electrons. The van der Waals surface area contributed by atoms with E-state index < -0.39 is 0 Å². The van der Waals surface area contributed by atoms with Gasteiger partial charge < -0.3 is 14.4 Å². The Labute approximate surface area is 297 Å². The van der Waals surface area contributed by atoms with Crippen LogP contribution in [0.2, 0.25) is 0 Å². The van der Waals surface area contributed by atoms with Gasteiger partial charge in [-0.25, -0.2) is 4.39 Å². The smallest absolute Gasteiger partial charge is 0.134 e. The predicted molar refractivity (Wildman–Crippen MR) is 187 cm³/mol. The van der Waals surface area contributed by atoms with E-state index in [1.165, 1.54) is 6.07 Å². The number of hydrogen-bond donors (Lipinski definition) is 0. The van der Waals surface area contributed by atoms with Crippen molar-refractivity contribution in [2.24, 2.45) is 0 Å². The maximum atomic E-state index is 15.0. The number of benzene rings is 4. The van der Waals surface area contributed by atoms with E-state index in [2.05, 4.69) is 63.6 Å². The minimum absolute atomic E-state index is 0. The number of rotatable bonds is 3. The Morgan fingerprint density at radius 3 is 2.30 bits per heavy atom. The van der Waals surface area contributed by atoms with Crippen molar-refractivity contribution in [1.82, 2.24) is 9.97 Å². The third-order valence-corrected chi connectivity index (χ3v) is 7.79. The van der Waals surface area contributed by atoms with E-state index in [0.717, 1.165) is 27.5 Å². The molecule has 47 heavy (non-hydrogen) atoms. The first kappa shape index (κ1) is 27.7. The van der Waals surface area contributed by atoms with Gasteiger partial charge in [-0.3, -0.25) is 0 Å². The van der Waals surface area contributed by atoms with Crippen molar-refractivity contribution in [3.05, 3.63) is 144 Å². The standard InChI is InChI=1S/C27H21FNO.C15H16N.Ir/c1-27(2,3)20-14-12-18(22-11-7-8-16-29-22)25-24(20)19-13-15-21(28)23(26(19)30-25)17-9-5-4-6-10-17;1-15(2,3)13-8-6-7-12(11-13)14-9-4-5-10-16-14;/h4-11,13-16H,1-3H3;4-6,8-11H,1-3H3;/q2*-1;/i7D;4D,5D,9D,10D;. The number of fused-ring (bicyclic) bond motifs is 3. The van der Waals surface area contributed by atoms with Gasteiger partial charge in [-0.1, -0.05) is 107 Å². The Morgan fingerprint density at radius 1 is 0.787 bits per heavy atom. The SMILES string of the molecule is [2H]c1ccnc(-c2[c-]cc(C(C)(C)C)c3c2oc2c(-c4ccccc4)c(F)ccc23)c1.[2H]c1nc(-c2[c-]ccc(C(C)(C)C)c2)c([2H])c([2H])c1[2H].[Ir]. The van der Waals surface area contributed by atoms with Crippen molar-refractivity contribution >= 4 is 21.9 Å². The molecule has 7 aromatic rings. The first-order chi connectivity index (χ1) is 24.1. The zero-order chi connectivity index (χ0) is 36.8. The molecule has 1 radical (unpaired) electrons. The molecule has 7 rings (SSSR count). The van der Waals surface area contributed by atoms with Crippen LogP contribution < -0.4 is 0 Å². The van der Waals surface area contributed by atoms with Crippen molar-refractivity contribution < 1.29 is 35.8 Å². The minimum Gasteiger partial charge on any atom is -0.500 e. The van der Waals surface area contributed by atoms with Crippen molar-refractivity contribution in [2.45, 2.75) is 52.4 Å². The largest absolute Gasteiger partial charge is 0.500 e. The van der Waals surface area contributed by atoms with Crippen molar-refractivity contribution in [2.75, 3.05) is 0 Å². The monoisotopic (exact) mass is 802 g/mol. The molecule has 0 spiro atoms. The summed E-state index contributed by atoms with van der Waals surface area (Å²) in [5, 5.41) is 1.79. The van der Waals surface area contributed by atoms with Gasteiger partial charge >= 0.3 is 0 Å². The van der Waals surface area contributed by atoms with E-state index in [-0.39, 0.29) is 66.7 Å². The van der Waals surface area contributed by atoms with E-state index in [1.54, 1.807) is 30.5 Å². The van der Waals surface area contributed by atoms with Crippen LogP contribution in [0.25, 0.3) is 55.6 Å². The molecule has 0 unspecified atom stereocenters. The molecule has 0 fully saturated rings. The van der Waals surface area contributed by atoms with E-state index in [4.69, 9.17) is 11.3 Å². The summed E-state index contributed by atoms with van der Waals surface area (Å²) in [5.41, 5.74) is 6.36. The fourth-order valence-electron chi connectivity index (χ4n) is 5.41. The summed E-state index contributed by atoms with van der Waals surface area (Å²) in [4.78, 5) is 8.40. The maximum absolute atomic E-state index is 15.0. The van der Waals surface area contributed by atoms with E-state index >= 15 is 4.39 Å². The Bertz CT molecular complexity index is 2420. The van der Waals surface area contributed by atoms with Crippen LogP contribution in [0.5, 0.6) is 0 Å². The van der Waals surface area contributed by atoms with Crippen molar-refractivity contribution in [1.29, 1.82) is 0 Å². The van der Waals surface area contributed by atoms with Gasteiger partial charge in [-0.15, -0.1) is 53.1 Å². The van der Waals surface area contributed by atoms with Gasteiger partial charge in [0.1, 0.15) is 11.4 Å². The summed E-state index contributed by atoms with van der Waals surface area (Å²) in [7, 11) is 0. The average Bonchev–Trinajstić information content (AvgIpc) is 3.47. The second kappa shape index (κ2) is 13.7. The molecule has 0 N–H and O–H groups in total. The number of hydrogen-bond acceptors (Lipinski definition) is 3. The fraction of sp³-hybridized carbons (Fsp3) is 0.190. The summed E-state index contributed by atoms with van der Waals surface area (Å²) in [5.74, 6) is -0.327. The van der Waals surface area contributed by atoms with Crippen molar-refractivity contribution in [3.8, 4) is 33.6 Å². The van der Waals surface area contributed by atoms with Gasteiger partial charge in [0.25, 0.3) is 0 Å². The summed E-state index contributed by atoms with van der Waals surface area (Å²) in [6.07, 6.45) is 1.32. The molecule has 0 atom stereocenters. The molecule has 5 heteroatoms. The maximum Gasteiger partial charge on any atom is 0.134 e. The topological polar surface area (TPSA) is 38.9 Å². The number of halogens is 1. The average molecular weight is 802 g/mol. The predicted octanol–water partition coefficient (Wildman–Crippen LogP) is 11.4. The first-order valence-corrected chi connectivity index (χ1v) is 15.1. The second-order valence-electron chi connectivity index (χ2n) is 13.1. The molecular weight excluding hydrogens is 760 g/mol. The molecule has 3 nitrogen and oxygen atoms in total. The molecular formula is C42H37FIrN2O-2. The molecule has 0 saturated carbocycles. The molecule has 0 bridgehead atoms. The Morgan fingerprint density at radius 2 is 1.57 bits per heavy atom. The molecule has 0 saturated heterocycles. The third kappa shape index (κ3) is 7.12. The summed E-state index contributed by atoms with van der Waals surface area (Å²) in [6, 6.07) is 29.6. The van der Waals surface area contributed by atoms with Gasteiger partial charge in [-0.2, -0.15) is 0 Å². The molecule has 0 aliphatic carbocycles. The molecule has 0 aliphatic rings. The van der Waals surface area contributed by atoms with Crippen LogP contribution in [0, 0.1) is 17.9 Å². The third-order valence-electron chi connectivity index (χ3n) is 7.79. The minimum atomic E-state index is -0.327. The second-order valence-corrected chi connectivity index (χ2v) is 13.1. The van der Waals surface area contributed by atoms with Crippen LogP contribution in [0.3, 0.4) is 0 Å². The van der Waals surface area contributed by atoms with Gasteiger partial charge in [0.15, 0.2) is 0 Å². The van der Waals surface area contributed by atoms with Crippen LogP contribution in [0.1, 0.15) is 59.5 Å². The van der Waals surface area contributed by atoms with Gasteiger partial charge in [0.2, 0.25) is 0 Å². The van der Waals surface area contributed by atoms with Crippen molar-refractivity contribution in [3.63, 3.8) is 0 Å². The fourth-order valence-corrected chi connectivity index (χ4v) is 5.41. The number of nitrogens with zero attached hydrogens (tertiary/aromatic N) is 2. The summed E-state index contributed by atoms with van der Waals surface area (Å²) >= 11 is 0. The molecule has 0 aliphatic heterocycles. The zero-order valence-corrected chi connectivity index (χ0v) is 29.5. The van der Waals surface area contributed by atoms with Crippen LogP contribution in [0.15, 0.2) is 120 Å². The van der Waals surface area contributed by atoms with Crippen LogP contribution in [0.4, 0.5) is 4.39 Å². The van der Waals surface area contributed by atoms with E-state index in [0.29, 0.717) is 39.6 Å². The normalized spacial score (nSPS) is 13.0. The first-order valence-electron chi connectivity index (χ1n) is 17.6. The quantitative estimate of drug-likeness (QED) is 0.167. The van der Waals surface area contributed by atoms with E-state index in [9.17, 15) is 0 Å². The zero-order valence-electron chi connectivity index (χ0n) is 32.1. The van der Waals surface area contributed by atoms with Gasteiger partial charge in [-0.05, 0) is 52.0 Å². The van der Waals surface area contributed by atoms with Crippen LogP contribution in [-0.2, 0) is 30.9 Å². The number of furan rings is 1. The number of aromatic nitrogens is 2. The Balaban J connectivity index is 0.000000217. The molecule has 4 aromatic carbocycles. The van der Waals surface area contributed by atoms with Crippen LogP contribution >= 0.6 is 0 Å². The molecule has 3 heterocycles. The van der Waals surface area contributed by atoms with Gasteiger partial charge in [0, 0.05) is 37.9 Å². The summed E-state index contributed by atoms with van der Waals surface area (Å²) < 4.78 is 60.2. The molecule has 3 aromatic heterocycles. The number of pyridine rings is 2. The van der Waals surface area contributed by atoms with Crippen LogP contribution in [-0.4, -0.2) is 9.97 Å². The Hall–Kier alpha value is -4.44. The van der Waals surface area contributed by atoms with Gasteiger partial charge in [0.05, 0.1) is 18.0 Å². The summed E-state index contributed by atoms with van der Waals surface area (Å²) in [6.45, 7) is 12.7. The molecule has 0 amide bonds. The van der Waals surface area contributed by atoms with E-state index in [1.807, 2.05) is 48.5 Å².